The molecule has 3 heterocycles. The summed E-state index contributed by atoms with van der Waals surface area (Å²) in [4.78, 5) is 15.2. The molecule has 0 fully saturated rings. The Hall–Kier alpha value is -4.39. The van der Waals surface area contributed by atoms with Gasteiger partial charge in [0.15, 0.2) is 17.5 Å². The van der Waals surface area contributed by atoms with E-state index in [1.807, 2.05) is 42.5 Å². The van der Waals surface area contributed by atoms with Crippen molar-refractivity contribution in [3.8, 4) is 34.2 Å². The van der Waals surface area contributed by atoms with Crippen LogP contribution in [-0.4, -0.2) is 22.8 Å². The average molecular weight is 531 g/mol. The molecule has 39 heavy (non-hydrogen) atoms. The van der Waals surface area contributed by atoms with Crippen molar-refractivity contribution in [2.45, 2.75) is 0 Å². The molecule has 0 spiro atoms. The van der Waals surface area contributed by atoms with Gasteiger partial charge in [0.2, 0.25) is 0 Å². The maximum atomic E-state index is 6.36. The second kappa shape index (κ2) is 8.84. The van der Waals surface area contributed by atoms with Gasteiger partial charge in [0, 0.05) is 51.6 Å². The van der Waals surface area contributed by atoms with Gasteiger partial charge in [-0.25, -0.2) is 15.0 Å². The van der Waals surface area contributed by atoms with Crippen molar-refractivity contribution in [2.75, 3.05) is 0 Å². The zero-order valence-electron chi connectivity index (χ0n) is 20.6. The molecule has 180 valence electrons. The van der Waals surface area contributed by atoms with Crippen LogP contribution in [0.3, 0.4) is 0 Å². The molecule has 0 N–H and O–H groups in total. The summed E-state index contributed by atoms with van der Waals surface area (Å²) >= 11 is 3.48. The van der Waals surface area contributed by atoms with Crippen molar-refractivity contribution in [1.82, 2.24) is 15.0 Å². The van der Waals surface area contributed by atoms with Crippen LogP contribution >= 0.6 is 22.7 Å². The Kier molecular flexibility index (Phi) is 5.12. The van der Waals surface area contributed by atoms with Crippen molar-refractivity contribution in [1.29, 1.82) is 0 Å². The summed E-state index contributed by atoms with van der Waals surface area (Å²) in [6.45, 7) is 0. The minimum absolute atomic E-state index is 0.659. The second-order valence-electron chi connectivity index (χ2n) is 9.46. The van der Waals surface area contributed by atoms with E-state index in [0.29, 0.717) is 17.5 Å². The molecular formula is C33H18BN3S2. The van der Waals surface area contributed by atoms with Crippen LogP contribution in [0, 0.1) is 0 Å². The lowest BCUT2D eigenvalue weighted by atomic mass is 9.94. The molecule has 0 amide bonds. The molecule has 8 rings (SSSR count). The van der Waals surface area contributed by atoms with Crippen LogP contribution in [0.25, 0.3) is 74.5 Å². The highest BCUT2D eigenvalue weighted by Crippen LogP contribution is 2.41. The summed E-state index contributed by atoms with van der Waals surface area (Å²) < 4.78 is 4.65. The standard InChI is InChI=1S/C33H18BN3S2/c34-26-17-8-14-23-22-13-7-16-25(29(22)39-30(23)26)33-36-31(19-9-2-1-3-10-19)35-32(37-33)24-15-6-12-21-20-11-4-5-18-27(20)38-28(21)24/h1-18H. The van der Waals surface area contributed by atoms with Crippen molar-refractivity contribution >= 4 is 76.3 Å². The van der Waals surface area contributed by atoms with Gasteiger partial charge >= 0.3 is 0 Å². The number of aromatic nitrogens is 3. The maximum absolute atomic E-state index is 6.36. The van der Waals surface area contributed by atoms with Crippen LogP contribution in [0.1, 0.15) is 0 Å². The Morgan fingerprint density at radius 2 is 0.974 bits per heavy atom. The summed E-state index contributed by atoms with van der Waals surface area (Å²) in [6, 6.07) is 37.5. The lowest BCUT2D eigenvalue weighted by molar-refractivity contribution is 1.08. The molecule has 0 atom stereocenters. The third-order valence-corrected chi connectivity index (χ3v) is 9.63. The average Bonchev–Trinajstić information content (AvgIpc) is 3.57. The zero-order chi connectivity index (χ0) is 25.9. The van der Waals surface area contributed by atoms with E-state index in [-0.39, 0.29) is 0 Å². The van der Waals surface area contributed by atoms with E-state index in [2.05, 4.69) is 66.7 Å². The second-order valence-corrected chi connectivity index (χ2v) is 11.5. The normalized spacial score (nSPS) is 11.7. The third-order valence-electron chi connectivity index (χ3n) is 7.11. The molecule has 8 aromatic rings. The minimum Gasteiger partial charge on any atom is -0.208 e. The van der Waals surface area contributed by atoms with E-state index < -0.39 is 0 Å². The molecule has 3 aromatic heterocycles. The van der Waals surface area contributed by atoms with Crippen LogP contribution in [0.15, 0.2) is 109 Å². The Morgan fingerprint density at radius 3 is 1.72 bits per heavy atom. The number of thiophene rings is 2. The molecule has 0 aliphatic rings. The predicted molar refractivity (Wildman–Crippen MR) is 167 cm³/mol. The Bertz CT molecular complexity index is 2200. The Labute approximate surface area is 233 Å². The summed E-state index contributed by atoms with van der Waals surface area (Å²) in [5.41, 5.74) is 3.75. The summed E-state index contributed by atoms with van der Waals surface area (Å²) in [5, 5.41) is 4.79. The SMILES string of the molecule is [B]c1cccc2c1sc1c(-c3nc(-c4ccccc4)nc(-c4cccc5c4sc4ccccc45)n3)cccc12. The van der Waals surface area contributed by atoms with E-state index in [1.165, 1.54) is 20.2 Å². The largest absolute Gasteiger partial charge is 0.208 e. The first-order chi connectivity index (χ1) is 19.2. The molecule has 0 aliphatic carbocycles. The van der Waals surface area contributed by atoms with E-state index in [0.717, 1.165) is 42.3 Å². The lowest BCUT2D eigenvalue weighted by Gasteiger charge is -2.09. The van der Waals surface area contributed by atoms with E-state index in [1.54, 1.807) is 22.7 Å². The summed E-state index contributed by atoms with van der Waals surface area (Å²) in [5.74, 6) is 1.99. The lowest BCUT2D eigenvalue weighted by Crippen LogP contribution is -2.00. The molecule has 3 nitrogen and oxygen atoms in total. The molecule has 0 saturated carbocycles. The molecule has 0 aliphatic heterocycles. The van der Waals surface area contributed by atoms with Gasteiger partial charge in [0.05, 0.1) is 0 Å². The predicted octanol–water partition coefficient (Wildman–Crippen LogP) is 8.40. The minimum atomic E-state index is 0.659. The highest BCUT2D eigenvalue weighted by atomic mass is 32.1. The quantitative estimate of drug-likeness (QED) is 0.215. The number of nitrogens with zero attached hydrogens (tertiary/aromatic N) is 3. The molecule has 0 bridgehead atoms. The molecule has 6 heteroatoms. The van der Waals surface area contributed by atoms with Crippen LogP contribution in [0.2, 0.25) is 0 Å². The van der Waals surface area contributed by atoms with Gasteiger partial charge in [0.1, 0.15) is 7.85 Å². The fourth-order valence-corrected chi connectivity index (χ4v) is 7.72. The smallest absolute Gasteiger partial charge is 0.165 e. The van der Waals surface area contributed by atoms with E-state index in [9.17, 15) is 0 Å². The van der Waals surface area contributed by atoms with Gasteiger partial charge in [-0.2, -0.15) is 0 Å². The molecule has 0 unspecified atom stereocenters. The number of benzene rings is 5. The summed E-state index contributed by atoms with van der Waals surface area (Å²) in [7, 11) is 6.36. The van der Waals surface area contributed by atoms with Crippen LogP contribution in [-0.2, 0) is 0 Å². The Balaban J connectivity index is 1.43. The monoisotopic (exact) mass is 531 g/mol. The van der Waals surface area contributed by atoms with Crippen molar-refractivity contribution < 1.29 is 0 Å². The Morgan fingerprint density at radius 1 is 0.436 bits per heavy atom. The highest BCUT2D eigenvalue weighted by molar-refractivity contribution is 7.27. The van der Waals surface area contributed by atoms with Gasteiger partial charge in [-0.1, -0.05) is 96.5 Å². The van der Waals surface area contributed by atoms with Crippen LogP contribution in [0.5, 0.6) is 0 Å². The number of hydrogen-bond acceptors (Lipinski definition) is 5. The van der Waals surface area contributed by atoms with Gasteiger partial charge in [-0.05, 0) is 23.6 Å². The molecule has 0 saturated heterocycles. The van der Waals surface area contributed by atoms with E-state index >= 15 is 0 Å². The molecule has 2 radical (unpaired) electrons. The third kappa shape index (κ3) is 3.60. The highest BCUT2D eigenvalue weighted by Gasteiger charge is 2.19. The van der Waals surface area contributed by atoms with Crippen molar-refractivity contribution in [3.05, 3.63) is 109 Å². The van der Waals surface area contributed by atoms with E-state index in [4.69, 9.17) is 22.8 Å². The number of hydrogen-bond donors (Lipinski definition) is 0. The van der Waals surface area contributed by atoms with Crippen molar-refractivity contribution in [3.63, 3.8) is 0 Å². The van der Waals surface area contributed by atoms with Gasteiger partial charge in [-0.15, -0.1) is 22.7 Å². The topological polar surface area (TPSA) is 38.7 Å². The van der Waals surface area contributed by atoms with Crippen LogP contribution in [0.4, 0.5) is 0 Å². The first-order valence-corrected chi connectivity index (χ1v) is 14.3. The first kappa shape index (κ1) is 22.6. The number of fused-ring (bicyclic) bond motifs is 6. The van der Waals surface area contributed by atoms with Gasteiger partial charge in [-0.3, -0.25) is 0 Å². The van der Waals surface area contributed by atoms with Crippen molar-refractivity contribution in [2.24, 2.45) is 0 Å². The zero-order valence-corrected chi connectivity index (χ0v) is 22.3. The van der Waals surface area contributed by atoms with Gasteiger partial charge < -0.3 is 0 Å². The first-order valence-electron chi connectivity index (χ1n) is 12.7. The maximum Gasteiger partial charge on any atom is 0.165 e. The van der Waals surface area contributed by atoms with Gasteiger partial charge in [0.25, 0.3) is 0 Å². The fraction of sp³-hybridized carbons (Fsp3) is 0. The van der Waals surface area contributed by atoms with Crippen LogP contribution < -0.4 is 5.46 Å². The molecular weight excluding hydrogens is 513 g/mol. The summed E-state index contributed by atoms with van der Waals surface area (Å²) in [6.07, 6.45) is 0. The molecule has 5 aromatic carbocycles. The number of rotatable bonds is 3. The fourth-order valence-electron chi connectivity index (χ4n) is 5.27.